The van der Waals surface area contributed by atoms with Crippen LogP contribution >= 0.6 is 0 Å². The molecule has 0 aromatic carbocycles. The van der Waals surface area contributed by atoms with E-state index in [2.05, 4.69) is 5.10 Å². The molecular weight excluding hydrogens is 250 g/mol. The van der Waals surface area contributed by atoms with E-state index in [1.54, 1.807) is 15.2 Å². The van der Waals surface area contributed by atoms with Crippen LogP contribution in [0.2, 0.25) is 0 Å². The molecule has 1 aromatic heterocycles. The zero-order valence-corrected chi connectivity index (χ0v) is 11.9. The number of rotatable bonds is 4. The van der Waals surface area contributed by atoms with E-state index in [0.717, 1.165) is 25.7 Å². The van der Waals surface area contributed by atoms with Gasteiger partial charge in [0, 0.05) is 25.3 Å². The van der Waals surface area contributed by atoms with Gasteiger partial charge in [-0.3, -0.25) is 4.68 Å². The molecule has 0 radical (unpaired) electrons. The van der Waals surface area contributed by atoms with Crippen molar-refractivity contribution in [2.24, 2.45) is 0 Å². The van der Waals surface area contributed by atoms with Crippen molar-refractivity contribution in [1.82, 2.24) is 14.1 Å². The van der Waals surface area contributed by atoms with Crippen LogP contribution in [0.1, 0.15) is 39.5 Å². The number of aryl methyl sites for hydroxylation is 1. The van der Waals surface area contributed by atoms with E-state index >= 15 is 0 Å². The van der Waals surface area contributed by atoms with Crippen molar-refractivity contribution in [2.45, 2.75) is 57.0 Å². The predicted octanol–water partition coefficient (Wildman–Crippen LogP) is 1.86. The Hall–Kier alpha value is -0.880. The van der Waals surface area contributed by atoms with Gasteiger partial charge < -0.3 is 0 Å². The van der Waals surface area contributed by atoms with Gasteiger partial charge in [0.25, 0.3) is 0 Å². The zero-order chi connectivity index (χ0) is 13.2. The minimum atomic E-state index is -3.36. The van der Waals surface area contributed by atoms with Crippen molar-refractivity contribution >= 4 is 10.0 Å². The van der Waals surface area contributed by atoms with Crippen LogP contribution in [0.15, 0.2) is 17.3 Å². The Morgan fingerprint density at radius 1 is 1.39 bits per heavy atom. The fourth-order valence-corrected chi connectivity index (χ4v) is 4.21. The van der Waals surface area contributed by atoms with E-state index in [-0.39, 0.29) is 6.04 Å². The molecule has 0 aliphatic carbocycles. The third-order valence-electron chi connectivity index (χ3n) is 3.58. The average molecular weight is 271 g/mol. The van der Waals surface area contributed by atoms with Crippen LogP contribution < -0.4 is 0 Å². The first kappa shape index (κ1) is 13.5. The first-order valence-corrected chi connectivity index (χ1v) is 8.08. The maximum atomic E-state index is 12.6. The van der Waals surface area contributed by atoms with Crippen molar-refractivity contribution in [3.8, 4) is 0 Å². The Morgan fingerprint density at radius 2 is 2.17 bits per heavy atom. The Kier molecular flexibility index (Phi) is 4.07. The summed E-state index contributed by atoms with van der Waals surface area (Å²) < 4.78 is 28.4. The second-order valence-electron chi connectivity index (χ2n) is 4.71. The van der Waals surface area contributed by atoms with Crippen LogP contribution in [0.25, 0.3) is 0 Å². The van der Waals surface area contributed by atoms with Gasteiger partial charge in [0.1, 0.15) is 4.90 Å². The number of hydrogen-bond donors (Lipinski definition) is 0. The quantitative estimate of drug-likeness (QED) is 0.840. The Morgan fingerprint density at radius 3 is 2.78 bits per heavy atom. The third-order valence-corrected chi connectivity index (χ3v) is 5.49. The monoisotopic (exact) mass is 271 g/mol. The molecule has 0 N–H and O–H groups in total. The molecule has 1 aliphatic heterocycles. The lowest BCUT2D eigenvalue weighted by Crippen LogP contribution is -2.43. The normalized spacial score (nSPS) is 22.2. The Labute approximate surface area is 109 Å². The summed E-state index contributed by atoms with van der Waals surface area (Å²) in [4.78, 5) is 0.324. The van der Waals surface area contributed by atoms with Gasteiger partial charge in [0.05, 0.1) is 6.20 Å². The van der Waals surface area contributed by atoms with Crippen LogP contribution in [0.4, 0.5) is 0 Å². The summed E-state index contributed by atoms with van der Waals surface area (Å²) in [5.74, 6) is 0. The fraction of sp³-hybridized carbons (Fsp3) is 0.750. The highest BCUT2D eigenvalue weighted by molar-refractivity contribution is 7.89. The highest BCUT2D eigenvalue weighted by atomic mass is 32.2. The molecule has 0 bridgehead atoms. The molecule has 102 valence electrons. The van der Waals surface area contributed by atoms with E-state index in [1.807, 2.05) is 13.8 Å². The Balaban J connectivity index is 2.28. The molecule has 6 heteroatoms. The largest absolute Gasteiger partial charge is 0.272 e. The number of sulfonamides is 1. The third kappa shape index (κ3) is 2.44. The van der Waals surface area contributed by atoms with Crippen molar-refractivity contribution in [3.63, 3.8) is 0 Å². The standard InChI is InChI=1S/C12H21N3O2S/c1-3-11-7-5-6-8-15(11)18(16,17)12-9-13-14(4-2)10-12/h9-11H,3-8H2,1-2H3. The summed E-state index contributed by atoms with van der Waals surface area (Å²) in [5, 5.41) is 4.06. The van der Waals surface area contributed by atoms with Crippen molar-refractivity contribution in [1.29, 1.82) is 0 Å². The highest BCUT2D eigenvalue weighted by Crippen LogP contribution is 2.26. The number of hydrogen-bond acceptors (Lipinski definition) is 3. The molecule has 1 aromatic rings. The number of aromatic nitrogens is 2. The molecule has 2 rings (SSSR count). The second kappa shape index (κ2) is 5.40. The van der Waals surface area contributed by atoms with Crippen LogP contribution in [0.3, 0.4) is 0 Å². The van der Waals surface area contributed by atoms with Gasteiger partial charge in [0.15, 0.2) is 0 Å². The van der Waals surface area contributed by atoms with E-state index in [1.165, 1.54) is 6.20 Å². The maximum absolute atomic E-state index is 12.6. The molecule has 1 saturated heterocycles. The van der Waals surface area contributed by atoms with E-state index in [9.17, 15) is 8.42 Å². The van der Waals surface area contributed by atoms with Gasteiger partial charge in [-0.25, -0.2) is 8.42 Å². The molecule has 0 saturated carbocycles. The average Bonchev–Trinajstić information content (AvgIpc) is 2.88. The molecule has 0 spiro atoms. The van der Waals surface area contributed by atoms with Crippen molar-refractivity contribution in [3.05, 3.63) is 12.4 Å². The summed E-state index contributed by atoms with van der Waals surface area (Å²) in [7, 11) is -3.36. The molecular formula is C12H21N3O2S. The molecule has 1 fully saturated rings. The van der Waals surface area contributed by atoms with Gasteiger partial charge in [-0.05, 0) is 26.2 Å². The molecule has 1 atom stereocenters. The summed E-state index contributed by atoms with van der Waals surface area (Å²) in [5.41, 5.74) is 0. The SMILES string of the molecule is CCC1CCCCN1S(=O)(=O)c1cnn(CC)c1. The van der Waals surface area contributed by atoms with Crippen LogP contribution in [0, 0.1) is 0 Å². The molecule has 18 heavy (non-hydrogen) atoms. The molecule has 2 heterocycles. The van der Waals surface area contributed by atoms with Gasteiger partial charge >= 0.3 is 0 Å². The summed E-state index contributed by atoms with van der Waals surface area (Å²) in [6, 6.07) is 0.147. The predicted molar refractivity (Wildman–Crippen MR) is 69.7 cm³/mol. The first-order valence-electron chi connectivity index (χ1n) is 6.64. The van der Waals surface area contributed by atoms with E-state index < -0.39 is 10.0 Å². The molecule has 1 unspecified atom stereocenters. The lowest BCUT2D eigenvalue weighted by Gasteiger charge is -2.33. The van der Waals surface area contributed by atoms with Gasteiger partial charge in [-0.2, -0.15) is 9.40 Å². The van der Waals surface area contributed by atoms with Crippen LogP contribution in [-0.2, 0) is 16.6 Å². The molecule has 0 amide bonds. The zero-order valence-electron chi connectivity index (χ0n) is 11.0. The van der Waals surface area contributed by atoms with E-state index in [4.69, 9.17) is 0 Å². The minimum Gasteiger partial charge on any atom is -0.272 e. The summed E-state index contributed by atoms with van der Waals surface area (Å²) in [6.45, 7) is 5.32. The van der Waals surface area contributed by atoms with Gasteiger partial charge in [0.2, 0.25) is 10.0 Å². The Bertz CT molecular complexity index is 495. The summed E-state index contributed by atoms with van der Waals surface area (Å²) >= 11 is 0. The molecule has 1 aliphatic rings. The lowest BCUT2D eigenvalue weighted by atomic mass is 10.0. The topological polar surface area (TPSA) is 55.2 Å². The second-order valence-corrected chi connectivity index (χ2v) is 6.60. The fourth-order valence-electron chi connectivity index (χ4n) is 2.48. The number of piperidine rings is 1. The lowest BCUT2D eigenvalue weighted by molar-refractivity contribution is 0.246. The van der Waals surface area contributed by atoms with Crippen molar-refractivity contribution < 1.29 is 8.42 Å². The van der Waals surface area contributed by atoms with Crippen LogP contribution in [0.5, 0.6) is 0 Å². The van der Waals surface area contributed by atoms with E-state index in [0.29, 0.717) is 18.0 Å². The molecule has 5 nitrogen and oxygen atoms in total. The van der Waals surface area contributed by atoms with Crippen LogP contribution in [-0.4, -0.2) is 35.1 Å². The first-order chi connectivity index (χ1) is 8.59. The minimum absolute atomic E-state index is 0.147. The van der Waals surface area contributed by atoms with Gasteiger partial charge in [-0.15, -0.1) is 0 Å². The highest BCUT2D eigenvalue weighted by Gasteiger charge is 2.33. The smallest absolute Gasteiger partial charge is 0.246 e. The maximum Gasteiger partial charge on any atom is 0.246 e. The van der Waals surface area contributed by atoms with Gasteiger partial charge in [-0.1, -0.05) is 13.3 Å². The summed E-state index contributed by atoms with van der Waals surface area (Å²) in [6.07, 6.45) is 7.01. The van der Waals surface area contributed by atoms with Crippen molar-refractivity contribution in [2.75, 3.05) is 6.54 Å². The number of nitrogens with zero attached hydrogens (tertiary/aromatic N) is 3.